The molecule has 1 aromatic rings. The van der Waals surface area contributed by atoms with Gasteiger partial charge in [-0.2, -0.15) is 0 Å². The van der Waals surface area contributed by atoms with E-state index >= 15 is 0 Å². The Hall–Kier alpha value is -0.970. The molecule has 0 radical (unpaired) electrons. The SMILES string of the molecule is CC(C)(C)N[C@@H]1CN(C(=O)O)C[C@H]1c1ccc(Cl)c(Cl)c1. The number of hydrogen-bond donors (Lipinski definition) is 2. The first-order valence-corrected chi connectivity index (χ1v) is 7.63. The highest BCUT2D eigenvalue weighted by Crippen LogP contribution is 2.32. The van der Waals surface area contributed by atoms with Crippen molar-refractivity contribution in [1.82, 2.24) is 10.2 Å². The van der Waals surface area contributed by atoms with Gasteiger partial charge >= 0.3 is 6.09 Å². The number of rotatable bonds is 2. The fourth-order valence-electron chi connectivity index (χ4n) is 2.74. The Kier molecular flexibility index (Phi) is 4.71. The van der Waals surface area contributed by atoms with Gasteiger partial charge in [0.1, 0.15) is 0 Å². The Bertz CT molecular complexity index is 543. The molecule has 2 N–H and O–H groups in total. The first-order chi connectivity index (χ1) is 9.67. The molecule has 0 aromatic heterocycles. The second kappa shape index (κ2) is 6.03. The standard InChI is InChI=1S/C15H20Cl2N2O2/c1-15(2,3)18-13-8-19(14(20)21)7-10(13)9-4-5-11(16)12(17)6-9/h4-6,10,13,18H,7-8H2,1-3H3,(H,20,21)/t10-,13+/m0/s1. The van der Waals surface area contributed by atoms with E-state index in [9.17, 15) is 9.90 Å². The number of carboxylic acid groups (broad SMARTS) is 1. The number of nitrogens with one attached hydrogen (secondary N) is 1. The zero-order valence-corrected chi connectivity index (χ0v) is 13.9. The Labute approximate surface area is 135 Å². The minimum absolute atomic E-state index is 0.0540. The number of hydrogen-bond acceptors (Lipinski definition) is 2. The van der Waals surface area contributed by atoms with Crippen LogP contribution in [-0.4, -0.2) is 40.8 Å². The summed E-state index contributed by atoms with van der Waals surface area (Å²) in [4.78, 5) is 12.7. The molecule has 0 spiro atoms. The molecule has 1 amide bonds. The van der Waals surface area contributed by atoms with Crippen LogP contribution in [0.2, 0.25) is 10.0 Å². The number of halogens is 2. The van der Waals surface area contributed by atoms with Crippen molar-refractivity contribution in [3.63, 3.8) is 0 Å². The lowest BCUT2D eigenvalue weighted by Gasteiger charge is -2.29. The largest absolute Gasteiger partial charge is 0.465 e. The van der Waals surface area contributed by atoms with E-state index in [0.717, 1.165) is 5.56 Å². The number of likely N-dealkylation sites (tertiary alicyclic amines) is 1. The maximum atomic E-state index is 11.3. The number of nitrogens with zero attached hydrogens (tertiary/aromatic N) is 1. The Balaban J connectivity index is 2.28. The van der Waals surface area contributed by atoms with Crippen molar-refractivity contribution >= 4 is 29.3 Å². The Morgan fingerprint density at radius 2 is 1.95 bits per heavy atom. The summed E-state index contributed by atoms with van der Waals surface area (Å²) in [6.07, 6.45) is -0.890. The first-order valence-electron chi connectivity index (χ1n) is 6.88. The summed E-state index contributed by atoms with van der Waals surface area (Å²) in [7, 11) is 0. The molecule has 4 nitrogen and oxygen atoms in total. The van der Waals surface area contributed by atoms with E-state index in [1.165, 1.54) is 4.90 Å². The zero-order chi connectivity index (χ0) is 15.8. The van der Waals surface area contributed by atoms with Gasteiger partial charge in [-0.1, -0.05) is 29.3 Å². The molecule has 1 saturated heterocycles. The lowest BCUT2D eigenvalue weighted by atomic mass is 9.92. The maximum absolute atomic E-state index is 11.3. The fraction of sp³-hybridized carbons (Fsp3) is 0.533. The molecular formula is C15H20Cl2N2O2. The van der Waals surface area contributed by atoms with Crippen molar-refractivity contribution < 1.29 is 9.90 Å². The maximum Gasteiger partial charge on any atom is 0.407 e. The first kappa shape index (κ1) is 16.4. The summed E-state index contributed by atoms with van der Waals surface area (Å²) in [6.45, 7) is 7.14. The summed E-state index contributed by atoms with van der Waals surface area (Å²) in [6, 6.07) is 5.56. The van der Waals surface area contributed by atoms with Gasteiger partial charge in [0, 0.05) is 30.6 Å². The summed E-state index contributed by atoms with van der Waals surface area (Å²) in [5, 5.41) is 13.8. The van der Waals surface area contributed by atoms with Gasteiger partial charge < -0.3 is 15.3 Å². The summed E-state index contributed by atoms with van der Waals surface area (Å²) in [5.41, 5.74) is 0.920. The van der Waals surface area contributed by atoms with Gasteiger partial charge in [0.25, 0.3) is 0 Å². The molecule has 1 aliphatic rings. The van der Waals surface area contributed by atoms with Crippen molar-refractivity contribution in [1.29, 1.82) is 0 Å². The average Bonchev–Trinajstić information content (AvgIpc) is 2.74. The molecule has 116 valence electrons. The predicted octanol–water partition coefficient (Wildman–Crippen LogP) is 3.83. The molecule has 1 aromatic carbocycles. The molecule has 2 rings (SSSR count). The molecule has 0 aliphatic carbocycles. The number of carbonyl (C=O) groups is 1. The normalized spacial score (nSPS) is 22.6. The molecule has 0 saturated carbocycles. The van der Waals surface area contributed by atoms with Gasteiger partial charge in [0.05, 0.1) is 10.0 Å². The molecule has 21 heavy (non-hydrogen) atoms. The minimum atomic E-state index is -0.890. The Morgan fingerprint density at radius 1 is 1.29 bits per heavy atom. The topological polar surface area (TPSA) is 52.6 Å². The monoisotopic (exact) mass is 330 g/mol. The van der Waals surface area contributed by atoms with E-state index in [4.69, 9.17) is 23.2 Å². The van der Waals surface area contributed by atoms with Gasteiger partial charge in [-0.05, 0) is 38.5 Å². The third kappa shape index (κ3) is 4.02. The van der Waals surface area contributed by atoms with Crippen molar-refractivity contribution in [3.05, 3.63) is 33.8 Å². The molecule has 1 heterocycles. The van der Waals surface area contributed by atoms with Crippen molar-refractivity contribution in [2.24, 2.45) is 0 Å². The lowest BCUT2D eigenvalue weighted by molar-refractivity contribution is 0.153. The fourth-order valence-corrected chi connectivity index (χ4v) is 3.05. The van der Waals surface area contributed by atoms with Crippen molar-refractivity contribution in [3.8, 4) is 0 Å². The average molecular weight is 331 g/mol. The van der Waals surface area contributed by atoms with Crippen LogP contribution in [0.15, 0.2) is 18.2 Å². The highest BCUT2D eigenvalue weighted by molar-refractivity contribution is 6.42. The van der Waals surface area contributed by atoms with E-state index in [-0.39, 0.29) is 17.5 Å². The Morgan fingerprint density at radius 3 is 2.48 bits per heavy atom. The van der Waals surface area contributed by atoms with Crippen LogP contribution >= 0.6 is 23.2 Å². The minimum Gasteiger partial charge on any atom is -0.465 e. The van der Waals surface area contributed by atoms with Gasteiger partial charge in [-0.15, -0.1) is 0 Å². The predicted molar refractivity (Wildman–Crippen MR) is 85.5 cm³/mol. The van der Waals surface area contributed by atoms with E-state index in [0.29, 0.717) is 23.1 Å². The smallest absolute Gasteiger partial charge is 0.407 e. The van der Waals surface area contributed by atoms with Crippen LogP contribution in [0.1, 0.15) is 32.3 Å². The van der Waals surface area contributed by atoms with Crippen LogP contribution < -0.4 is 5.32 Å². The molecule has 6 heteroatoms. The summed E-state index contributed by atoms with van der Waals surface area (Å²) < 4.78 is 0. The molecular weight excluding hydrogens is 311 g/mol. The van der Waals surface area contributed by atoms with Crippen molar-refractivity contribution in [2.75, 3.05) is 13.1 Å². The van der Waals surface area contributed by atoms with Gasteiger partial charge in [-0.3, -0.25) is 0 Å². The van der Waals surface area contributed by atoms with Crippen LogP contribution in [0, 0.1) is 0 Å². The third-order valence-corrected chi connectivity index (χ3v) is 4.32. The second-order valence-corrected chi connectivity index (χ2v) is 7.28. The van der Waals surface area contributed by atoms with E-state index in [1.807, 2.05) is 12.1 Å². The van der Waals surface area contributed by atoms with Crippen LogP contribution in [0.5, 0.6) is 0 Å². The van der Waals surface area contributed by atoms with E-state index < -0.39 is 6.09 Å². The second-order valence-electron chi connectivity index (χ2n) is 6.47. The number of benzene rings is 1. The molecule has 1 aliphatic heterocycles. The van der Waals surface area contributed by atoms with Gasteiger partial charge in [-0.25, -0.2) is 4.79 Å². The van der Waals surface area contributed by atoms with Gasteiger partial charge in [0.15, 0.2) is 0 Å². The van der Waals surface area contributed by atoms with Crippen LogP contribution in [0.4, 0.5) is 4.79 Å². The molecule has 0 unspecified atom stereocenters. The highest BCUT2D eigenvalue weighted by Gasteiger charge is 2.37. The highest BCUT2D eigenvalue weighted by atomic mass is 35.5. The molecule has 1 fully saturated rings. The van der Waals surface area contributed by atoms with Crippen LogP contribution in [0.25, 0.3) is 0 Å². The van der Waals surface area contributed by atoms with Gasteiger partial charge in [0.2, 0.25) is 0 Å². The zero-order valence-electron chi connectivity index (χ0n) is 12.4. The van der Waals surface area contributed by atoms with Crippen LogP contribution in [-0.2, 0) is 0 Å². The molecule has 2 atom stereocenters. The molecule has 0 bridgehead atoms. The summed E-state index contributed by atoms with van der Waals surface area (Å²) in [5.74, 6) is 0.0649. The van der Waals surface area contributed by atoms with Crippen LogP contribution in [0.3, 0.4) is 0 Å². The van der Waals surface area contributed by atoms with E-state index in [2.05, 4.69) is 26.1 Å². The third-order valence-electron chi connectivity index (χ3n) is 3.58. The summed E-state index contributed by atoms with van der Waals surface area (Å²) >= 11 is 12.0. The number of amides is 1. The lowest BCUT2D eigenvalue weighted by Crippen LogP contribution is -2.47. The van der Waals surface area contributed by atoms with Crippen molar-refractivity contribution in [2.45, 2.75) is 38.3 Å². The quantitative estimate of drug-likeness (QED) is 0.866. The van der Waals surface area contributed by atoms with E-state index in [1.54, 1.807) is 6.07 Å².